The Kier molecular flexibility index (Phi) is 6.16. The van der Waals surface area contributed by atoms with Crippen molar-refractivity contribution in [2.24, 2.45) is 0 Å². The maximum atomic E-state index is 12.3. The molecule has 3 rings (SSSR count). The number of aryl methyl sites for hydroxylation is 1. The third kappa shape index (κ3) is 4.88. The zero-order valence-corrected chi connectivity index (χ0v) is 15.5. The molecule has 0 saturated carbocycles. The maximum Gasteiger partial charge on any atom is 0.635 e. The monoisotopic (exact) mass is 369 g/mol. The van der Waals surface area contributed by atoms with Gasteiger partial charge in [-0.05, 0) is 30.5 Å². The normalized spacial score (nSPS) is 16.4. The van der Waals surface area contributed by atoms with Crippen LogP contribution in [0.25, 0.3) is 0 Å². The first-order chi connectivity index (χ1) is 12.9. The number of carbonyl (C=O) groups is 1. The fourth-order valence-corrected chi connectivity index (χ4v) is 3.36. The summed E-state index contributed by atoms with van der Waals surface area (Å²) in [6.07, 6.45) is -0.256. The molecule has 0 aliphatic carbocycles. The van der Waals surface area contributed by atoms with E-state index in [2.05, 4.69) is 5.32 Å². The molecule has 7 heteroatoms. The van der Waals surface area contributed by atoms with E-state index in [-0.39, 0.29) is 18.2 Å². The molecule has 6 nitrogen and oxygen atoms in total. The third-order valence-corrected chi connectivity index (χ3v) is 4.89. The quantitative estimate of drug-likeness (QED) is 0.512. The SMILES string of the molecule is Cc1ccc2c(c1C)OCC2C[C@H](NC(=O)Cc1ccccc1)OB(O)O. The van der Waals surface area contributed by atoms with E-state index in [1.54, 1.807) is 0 Å². The Bertz CT molecular complexity index is 796. The van der Waals surface area contributed by atoms with Crippen LogP contribution in [0.5, 0.6) is 5.75 Å². The highest BCUT2D eigenvalue weighted by Crippen LogP contribution is 2.40. The second-order valence-electron chi connectivity index (χ2n) is 6.85. The predicted molar refractivity (Wildman–Crippen MR) is 102 cm³/mol. The van der Waals surface area contributed by atoms with Crippen LogP contribution in [0.2, 0.25) is 0 Å². The summed E-state index contributed by atoms with van der Waals surface area (Å²) in [4.78, 5) is 12.3. The van der Waals surface area contributed by atoms with Crippen molar-refractivity contribution >= 4 is 13.2 Å². The Morgan fingerprint density at radius 2 is 2.00 bits per heavy atom. The Labute approximate surface area is 159 Å². The molecule has 27 heavy (non-hydrogen) atoms. The lowest BCUT2D eigenvalue weighted by Crippen LogP contribution is -2.42. The van der Waals surface area contributed by atoms with Gasteiger partial charge in [-0.15, -0.1) is 0 Å². The molecular weight excluding hydrogens is 345 g/mol. The van der Waals surface area contributed by atoms with E-state index in [0.29, 0.717) is 13.0 Å². The molecule has 142 valence electrons. The average molecular weight is 369 g/mol. The number of hydrogen-bond donors (Lipinski definition) is 3. The van der Waals surface area contributed by atoms with Crippen LogP contribution in [0.15, 0.2) is 42.5 Å². The van der Waals surface area contributed by atoms with Crippen molar-refractivity contribution in [1.29, 1.82) is 0 Å². The largest absolute Gasteiger partial charge is 0.635 e. The smallest absolute Gasteiger partial charge is 0.492 e. The van der Waals surface area contributed by atoms with Crippen molar-refractivity contribution < 1.29 is 24.2 Å². The highest BCUT2D eigenvalue weighted by Gasteiger charge is 2.31. The number of rotatable bonds is 7. The van der Waals surface area contributed by atoms with Crippen molar-refractivity contribution in [3.8, 4) is 5.75 Å². The molecule has 0 bridgehead atoms. The molecule has 1 heterocycles. The number of ether oxygens (including phenoxy) is 1. The molecule has 3 N–H and O–H groups in total. The average Bonchev–Trinajstić information content (AvgIpc) is 3.02. The fraction of sp³-hybridized carbons (Fsp3) is 0.350. The highest BCUT2D eigenvalue weighted by molar-refractivity contribution is 6.32. The van der Waals surface area contributed by atoms with Crippen LogP contribution in [-0.2, 0) is 15.9 Å². The van der Waals surface area contributed by atoms with Crippen LogP contribution in [0.3, 0.4) is 0 Å². The summed E-state index contributed by atoms with van der Waals surface area (Å²) >= 11 is 0. The summed E-state index contributed by atoms with van der Waals surface area (Å²) in [6.45, 7) is 4.52. The van der Waals surface area contributed by atoms with Crippen molar-refractivity contribution in [2.45, 2.75) is 38.8 Å². The minimum absolute atomic E-state index is 0.0000697. The maximum absolute atomic E-state index is 12.3. The Morgan fingerprint density at radius 1 is 1.26 bits per heavy atom. The zero-order chi connectivity index (χ0) is 19.4. The van der Waals surface area contributed by atoms with Crippen LogP contribution in [0.1, 0.15) is 34.6 Å². The van der Waals surface area contributed by atoms with Gasteiger partial charge in [-0.25, -0.2) is 0 Å². The standard InChI is InChI=1S/C20H24BNO5/c1-13-8-9-17-16(12-26-20(17)14(13)2)11-19(27-21(24)25)22-18(23)10-15-6-4-3-5-7-15/h3-9,16,19,24-25H,10-12H2,1-2H3,(H,22,23)/t16?,19-/m1/s1. The second-order valence-corrected chi connectivity index (χ2v) is 6.85. The number of fused-ring (bicyclic) bond motifs is 1. The van der Waals surface area contributed by atoms with Crippen LogP contribution >= 0.6 is 0 Å². The van der Waals surface area contributed by atoms with Gasteiger partial charge >= 0.3 is 7.32 Å². The van der Waals surface area contributed by atoms with Crippen LogP contribution < -0.4 is 10.1 Å². The summed E-state index contributed by atoms with van der Waals surface area (Å²) in [7, 11) is -1.96. The molecule has 1 aliphatic heterocycles. The Balaban J connectivity index is 1.68. The van der Waals surface area contributed by atoms with Gasteiger partial charge in [0.05, 0.1) is 13.0 Å². The lowest BCUT2D eigenvalue weighted by atomic mass is 9.93. The van der Waals surface area contributed by atoms with Gasteiger partial charge in [-0.1, -0.05) is 42.5 Å². The Morgan fingerprint density at radius 3 is 2.70 bits per heavy atom. The van der Waals surface area contributed by atoms with E-state index in [1.165, 1.54) is 0 Å². The number of benzene rings is 2. The zero-order valence-electron chi connectivity index (χ0n) is 15.5. The molecule has 1 unspecified atom stereocenters. The van der Waals surface area contributed by atoms with Crippen molar-refractivity contribution in [3.63, 3.8) is 0 Å². The minimum Gasteiger partial charge on any atom is -0.492 e. The number of hydrogen-bond acceptors (Lipinski definition) is 5. The van der Waals surface area contributed by atoms with E-state index in [4.69, 9.17) is 9.39 Å². The predicted octanol–water partition coefficient (Wildman–Crippen LogP) is 1.84. The molecule has 2 aromatic rings. The van der Waals surface area contributed by atoms with Crippen LogP contribution in [0, 0.1) is 13.8 Å². The van der Waals surface area contributed by atoms with E-state index < -0.39 is 13.5 Å². The van der Waals surface area contributed by atoms with Gasteiger partial charge in [0.25, 0.3) is 0 Å². The molecule has 0 aromatic heterocycles. The van der Waals surface area contributed by atoms with Gasteiger partial charge in [0.1, 0.15) is 12.0 Å². The molecule has 0 fully saturated rings. The summed E-state index contributed by atoms with van der Waals surface area (Å²) in [6, 6.07) is 13.4. The second kappa shape index (κ2) is 8.56. The van der Waals surface area contributed by atoms with Crippen molar-refractivity contribution in [3.05, 3.63) is 64.7 Å². The topological polar surface area (TPSA) is 88.0 Å². The molecule has 1 amide bonds. The summed E-state index contributed by atoms with van der Waals surface area (Å²) in [5.74, 6) is 0.630. The van der Waals surface area contributed by atoms with Crippen molar-refractivity contribution in [1.82, 2.24) is 5.32 Å². The van der Waals surface area contributed by atoms with Gasteiger partial charge < -0.3 is 24.8 Å². The van der Waals surface area contributed by atoms with Gasteiger partial charge in [-0.2, -0.15) is 0 Å². The molecular formula is C20H24BNO5. The summed E-state index contributed by atoms with van der Waals surface area (Å²) < 4.78 is 10.9. The number of carbonyl (C=O) groups excluding carboxylic acids is 1. The molecule has 0 spiro atoms. The first kappa shape index (κ1) is 19.4. The van der Waals surface area contributed by atoms with Gasteiger partial charge in [0.15, 0.2) is 0 Å². The van der Waals surface area contributed by atoms with E-state index >= 15 is 0 Å². The van der Waals surface area contributed by atoms with Crippen LogP contribution in [0.4, 0.5) is 0 Å². The number of nitrogens with one attached hydrogen (secondary N) is 1. The molecule has 2 aromatic carbocycles. The van der Waals surface area contributed by atoms with Gasteiger partial charge in [-0.3, -0.25) is 4.79 Å². The number of amides is 1. The van der Waals surface area contributed by atoms with Gasteiger partial charge in [0.2, 0.25) is 5.91 Å². The minimum atomic E-state index is -1.96. The summed E-state index contributed by atoms with van der Waals surface area (Å²) in [5.41, 5.74) is 4.18. The molecule has 0 saturated heterocycles. The van der Waals surface area contributed by atoms with Gasteiger partial charge in [0, 0.05) is 17.9 Å². The van der Waals surface area contributed by atoms with E-state index in [9.17, 15) is 14.8 Å². The molecule has 2 atom stereocenters. The molecule has 0 radical (unpaired) electrons. The van der Waals surface area contributed by atoms with Crippen LogP contribution in [-0.4, -0.2) is 36.1 Å². The molecule has 1 aliphatic rings. The van der Waals surface area contributed by atoms with E-state index in [0.717, 1.165) is 28.0 Å². The Hall–Kier alpha value is -2.35. The lowest BCUT2D eigenvalue weighted by molar-refractivity contribution is -0.123. The lowest BCUT2D eigenvalue weighted by Gasteiger charge is -2.22. The third-order valence-electron chi connectivity index (χ3n) is 4.89. The van der Waals surface area contributed by atoms with E-state index in [1.807, 2.05) is 56.3 Å². The first-order valence-corrected chi connectivity index (χ1v) is 9.02. The summed E-state index contributed by atoms with van der Waals surface area (Å²) in [5, 5.41) is 21.2. The first-order valence-electron chi connectivity index (χ1n) is 9.02. The highest BCUT2D eigenvalue weighted by atomic mass is 16.6. The fourth-order valence-electron chi connectivity index (χ4n) is 3.36. The van der Waals surface area contributed by atoms with Crippen molar-refractivity contribution in [2.75, 3.05) is 6.61 Å².